The van der Waals surface area contributed by atoms with Gasteiger partial charge >= 0.3 is 133 Å². The molecule has 2 rings (SSSR count). The van der Waals surface area contributed by atoms with Crippen LogP contribution in [-0.4, -0.2) is 30.9 Å². The molecule has 0 saturated heterocycles. The molecule has 1 aromatic carbocycles. The third-order valence-electron chi connectivity index (χ3n) is 3.01. The molecule has 2 N–H and O–H groups in total. The number of nitrogens with one attached hydrogen (secondary N) is 2. The summed E-state index contributed by atoms with van der Waals surface area (Å²) >= 11 is 2.95. The van der Waals surface area contributed by atoms with Gasteiger partial charge in [-0.3, -0.25) is 0 Å². The number of aromatic nitrogens is 1. The van der Waals surface area contributed by atoms with Crippen molar-refractivity contribution in [2.75, 3.05) is 5.32 Å². The van der Waals surface area contributed by atoms with Crippen LogP contribution in [0.4, 0.5) is 5.69 Å². The molecule has 4 nitrogen and oxygen atoms in total. The summed E-state index contributed by atoms with van der Waals surface area (Å²) in [6.45, 7) is 4.05. The van der Waals surface area contributed by atoms with Crippen molar-refractivity contribution in [3.8, 4) is 0 Å². The molecule has 1 heterocycles. The first kappa shape index (κ1) is 15.4. The molecule has 0 aliphatic carbocycles. The minimum absolute atomic E-state index is 0.756. The van der Waals surface area contributed by atoms with Crippen molar-refractivity contribution < 1.29 is 0 Å². The molecule has 0 bridgehead atoms. The topological polar surface area (TPSA) is 49.3 Å². The van der Waals surface area contributed by atoms with E-state index in [0.29, 0.717) is 0 Å². The van der Waals surface area contributed by atoms with Gasteiger partial charge in [0.25, 0.3) is 0 Å². The SMILES string of the molecule is CCc1ccccc1NC(=[Se])NN=C(C)c1ccccn1. The van der Waals surface area contributed by atoms with Crippen molar-refractivity contribution in [2.45, 2.75) is 20.3 Å². The number of nitrogens with zero attached hydrogens (tertiary/aromatic N) is 2. The second-order valence-corrected chi connectivity index (χ2v) is 5.35. The summed E-state index contributed by atoms with van der Waals surface area (Å²) in [6, 6.07) is 14.0. The molecule has 1 aromatic heterocycles. The van der Waals surface area contributed by atoms with E-state index in [1.807, 2.05) is 43.3 Å². The third-order valence-corrected chi connectivity index (χ3v) is 3.41. The zero-order chi connectivity index (χ0) is 15.1. The average molecular weight is 345 g/mol. The molecule has 2 aromatic rings. The Kier molecular flexibility index (Phi) is 5.67. The molecule has 5 heteroatoms. The summed E-state index contributed by atoms with van der Waals surface area (Å²) in [6.07, 6.45) is 2.74. The number of para-hydroxylation sites is 1. The zero-order valence-corrected chi connectivity index (χ0v) is 13.8. The Hall–Kier alpha value is -1.97. The number of hydrogen-bond acceptors (Lipinski definition) is 4. The molecule has 108 valence electrons. The van der Waals surface area contributed by atoms with Crippen LogP contribution in [0.2, 0.25) is 0 Å². The van der Waals surface area contributed by atoms with Gasteiger partial charge < -0.3 is 0 Å². The van der Waals surface area contributed by atoms with Crippen LogP contribution in [0.15, 0.2) is 53.8 Å². The molecule has 0 aliphatic heterocycles. The zero-order valence-electron chi connectivity index (χ0n) is 12.1. The van der Waals surface area contributed by atoms with Crippen LogP contribution in [0.3, 0.4) is 0 Å². The van der Waals surface area contributed by atoms with Crippen molar-refractivity contribution in [3.05, 3.63) is 59.9 Å². The molecule has 0 unspecified atom stereocenters. The molecule has 0 aliphatic rings. The summed E-state index contributed by atoms with van der Waals surface area (Å²) in [5, 5.41) is 7.61. The summed E-state index contributed by atoms with van der Waals surface area (Å²) in [7, 11) is 0. The van der Waals surface area contributed by atoms with Gasteiger partial charge in [0, 0.05) is 0 Å². The van der Waals surface area contributed by atoms with Crippen molar-refractivity contribution in [1.82, 2.24) is 10.4 Å². The van der Waals surface area contributed by atoms with E-state index in [1.165, 1.54) is 5.56 Å². The van der Waals surface area contributed by atoms with Crippen LogP contribution in [0, 0.1) is 0 Å². The molecule has 0 fully saturated rings. The molecule has 0 spiro atoms. The maximum absolute atomic E-state index is 4.32. The van der Waals surface area contributed by atoms with Gasteiger partial charge in [-0.2, -0.15) is 0 Å². The first-order chi connectivity index (χ1) is 10.2. The second kappa shape index (κ2) is 7.72. The second-order valence-electron chi connectivity index (χ2n) is 4.49. The molecule has 21 heavy (non-hydrogen) atoms. The quantitative estimate of drug-likeness (QED) is 0.480. The Morgan fingerprint density at radius 1 is 1.19 bits per heavy atom. The Morgan fingerprint density at radius 2 is 1.95 bits per heavy atom. The van der Waals surface area contributed by atoms with Gasteiger partial charge in [-0.15, -0.1) is 0 Å². The number of benzene rings is 1. The van der Waals surface area contributed by atoms with Crippen molar-refractivity contribution in [2.24, 2.45) is 5.10 Å². The van der Waals surface area contributed by atoms with Crippen LogP contribution >= 0.6 is 0 Å². The van der Waals surface area contributed by atoms with E-state index in [9.17, 15) is 0 Å². The van der Waals surface area contributed by atoms with Crippen LogP contribution in [0.1, 0.15) is 25.1 Å². The first-order valence-electron chi connectivity index (χ1n) is 6.81. The van der Waals surface area contributed by atoms with Crippen molar-refractivity contribution >= 4 is 31.6 Å². The van der Waals surface area contributed by atoms with Gasteiger partial charge in [-0.1, -0.05) is 0 Å². The summed E-state index contributed by atoms with van der Waals surface area (Å²) in [4.78, 5) is 4.26. The predicted molar refractivity (Wildman–Crippen MR) is 89.8 cm³/mol. The van der Waals surface area contributed by atoms with E-state index < -0.39 is 0 Å². The number of anilines is 1. The molecule has 0 saturated carbocycles. The number of aryl methyl sites for hydroxylation is 1. The fourth-order valence-corrected chi connectivity index (χ4v) is 2.20. The Bertz CT molecular complexity index is 638. The summed E-state index contributed by atoms with van der Waals surface area (Å²) < 4.78 is 0.756. The Morgan fingerprint density at radius 3 is 2.67 bits per heavy atom. The third kappa shape index (κ3) is 4.52. The minimum atomic E-state index is 0.756. The van der Waals surface area contributed by atoms with Gasteiger partial charge in [0.1, 0.15) is 0 Å². The number of hydrazone groups is 1. The predicted octanol–water partition coefficient (Wildman–Crippen LogP) is 2.33. The van der Waals surface area contributed by atoms with Gasteiger partial charge in [0.2, 0.25) is 0 Å². The van der Waals surface area contributed by atoms with E-state index in [2.05, 4.69) is 49.4 Å². The van der Waals surface area contributed by atoms with Crippen molar-refractivity contribution in [3.63, 3.8) is 0 Å². The molecule has 0 radical (unpaired) electrons. The van der Waals surface area contributed by atoms with Gasteiger partial charge in [0.15, 0.2) is 0 Å². The van der Waals surface area contributed by atoms with Crippen molar-refractivity contribution in [1.29, 1.82) is 0 Å². The normalized spacial score (nSPS) is 11.0. The van der Waals surface area contributed by atoms with Crippen LogP contribution in [0.25, 0.3) is 0 Å². The molecular formula is C16H18N4Se. The fourth-order valence-electron chi connectivity index (χ4n) is 1.87. The van der Waals surface area contributed by atoms with E-state index in [1.54, 1.807) is 6.20 Å². The summed E-state index contributed by atoms with van der Waals surface area (Å²) in [5.74, 6) is 0. The van der Waals surface area contributed by atoms with Crippen LogP contribution in [0.5, 0.6) is 0 Å². The van der Waals surface area contributed by atoms with Crippen LogP contribution < -0.4 is 10.7 Å². The van der Waals surface area contributed by atoms with E-state index in [0.717, 1.165) is 28.2 Å². The Labute approximate surface area is 133 Å². The van der Waals surface area contributed by atoms with E-state index >= 15 is 0 Å². The Balaban J connectivity index is 1.99. The van der Waals surface area contributed by atoms with Gasteiger partial charge in [-0.05, 0) is 0 Å². The van der Waals surface area contributed by atoms with E-state index in [4.69, 9.17) is 0 Å². The monoisotopic (exact) mass is 346 g/mol. The number of rotatable bonds is 6. The summed E-state index contributed by atoms with van der Waals surface area (Å²) in [5.41, 5.74) is 7.00. The number of pyridine rings is 1. The van der Waals surface area contributed by atoms with E-state index in [-0.39, 0.29) is 0 Å². The fraction of sp³-hybridized carbons (Fsp3) is 0.188. The molecule has 0 amide bonds. The first-order valence-corrected chi connectivity index (χ1v) is 7.67. The average Bonchev–Trinajstić information content (AvgIpc) is 2.54. The van der Waals surface area contributed by atoms with Crippen LogP contribution in [-0.2, 0) is 6.42 Å². The molecular weight excluding hydrogens is 327 g/mol. The number of hydrogen-bond donors (Lipinski definition) is 2. The molecule has 0 atom stereocenters. The standard InChI is InChI=1S/C16H18N4Se/c1-3-13-8-4-5-10-15(13)18-16(21)20-19-12(2)14-9-6-7-11-17-14/h4-11H,3H2,1-2H3,(H2,18,20,21). The van der Waals surface area contributed by atoms with Gasteiger partial charge in [-0.25, -0.2) is 0 Å². The van der Waals surface area contributed by atoms with Gasteiger partial charge in [0.05, 0.1) is 0 Å². The maximum atomic E-state index is 4.32.